The first-order valence-electron chi connectivity index (χ1n) is 7.10. The molecule has 19 heavy (non-hydrogen) atoms. The summed E-state index contributed by atoms with van der Waals surface area (Å²) in [7, 11) is 0. The monoisotopic (exact) mass is 270 g/mol. The maximum absolute atomic E-state index is 2.26. The molecular weight excluding hydrogens is 248 g/mol. The van der Waals surface area contributed by atoms with Crippen LogP contribution in [0.5, 0.6) is 0 Å². The second-order valence-corrected chi connectivity index (χ2v) is 6.11. The van der Waals surface area contributed by atoms with Crippen LogP contribution in [0.1, 0.15) is 36.1 Å². The first kappa shape index (κ1) is 14.2. The van der Waals surface area contributed by atoms with Gasteiger partial charge in [-0.05, 0) is 36.1 Å². The molecule has 0 aliphatic heterocycles. The van der Waals surface area contributed by atoms with Crippen molar-refractivity contribution in [2.75, 3.05) is 5.75 Å². The van der Waals surface area contributed by atoms with E-state index in [1.807, 2.05) is 0 Å². The molecule has 0 aromatic heterocycles. The van der Waals surface area contributed by atoms with Crippen LogP contribution in [-0.2, 0) is 6.42 Å². The lowest BCUT2D eigenvalue weighted by atomic mass is 10.0. The number of hydrogen-bond donors (Lipinski definition) is 0. The number of benzene rings is 2. The molecule has 0 N–H and O–H groups in total. The van der Waals surface area contributed by atoms with E-state index >= 15 is 0 Å². The Morgan fingerprint density at radius 1 is 0.895 bits per heavy atom. The molecule has 1 unspecified atom stereocenters. The number of rotatable bonds is 7. The number of aryl methyl sites for hydroxylation is 1. The van der Waals surface area contributed by atoms with Gasteiger partial charge in [0, 0.05) is 5.25 Å². The lowest BCUT2D eigenvalue weighted by Crippen LogP contribution is -1.98. The van der Waals surface area contributed by atoms with E-state index in [9.17, 15) is 0 Å². The fourth-order valence-corrected chi connectivity index (χ4v) is 3.37. The van der Waals surface area contributed by atoms with Crippen molar-refractivity contribution >= 4 is 11.8 Å². The van der Waals surface area contributed by atoms with Gasteiger partial charge in [-0.25, -0.2) is 0 Å². The van der Waals surface area contributed by atoms with E-state index in [0.29, 0.717) is 5.25 Å². The zero-order valence-electron chi connectivity index (χ0n) is 11.6. The van der Waals surface area contributed by atoms with Gasteiger partial charge in [-0.15, -0.1) is 0 Å². The zero-order chi connectivity index (χ0) is 13.3. The van der Waals surface area contributed by atoms with Crippen LogP contribution >= 0.6 is 11.8 Å². The Labute approximate surface area is 121 Å². The van der Waals surface area contributed by atoms with Gasteiger partial charge in [0.15, 0.2) is 0 Å². The van der Waals surface area contributed by atoms with Crippen LogP contribution in [0.3, 0.4) is 0 Å². The van der Waals surface area contributed by atoms with Gasteiger partial charge >= 0.3 is 0 Å². The third-order valence-corrected chi connectivity index (χ3v) is 4.79. The molecule has 0 amide bonds. The Kier molecular flexibility index (Phi) is 6.03. The van der Waals surface area contributed by atoms with E-state index in [-0.39, 0.29) is 0 Å². The van der Waals surface area contributed by atoms with Gasteiger partial charge in [0.25, 0.3) is 0 Å². The fraction of sp³-hybridized carbons (Fsp3) is 0.333. The molecule has 2 aromatic rings. The molecule has 0 bridgehead atoms. The number of thioether (sulfide) groups is 1. The summed E-state index contributed by atoms with van der Waals surface area (Å²) in [4.78, 5) is 0. The smallest absolute Gasteiger partial charge is 0.0300 e. The normalized spacial score (nSPS) is 12.3. The molecule has 0 heterocycles. The molecule has 0 saturated carbocycles. The molecule has 0 radical (unpaired) electrons. The Bertz CT molecular complexity index is 450. The third-order valence-electron chi connectivity index (χ3n) is 3.23. The molecule has 2 rings (SSSR count). The summed E-state index contributed by atoms with van der Waals surface area (Å²) >= 11 is 2.09. The lowest BCUT2D eigenvalue weighted by molar-refractivity contribution is 0.801. The highest BCUT2D eigenvalue weighted by Gasteiger charge is 2.11. The molecule has 0 fully saturated rings. The topological polar surface area (TPSA) is 0 Å². The van der Waals surface area contributed by atoms with Crippen molar-refractivity contribution in [3.05, 3.63) is 71.8 Å². The van der Waals surface area contributed by atoms with Crippen LogP contribution in [0.2, 0.25) is 0 Å². The average molecular weight is 270 g/mol. The summed E-state index contributed by atoms with van der Waals surface area (Å²) in [5.41, 5.74) is 2.91. The van der Waals surface area contributed by atoms with Crippen molar-refractivity contribution in [2.45, 2.75) is 31.4 Å². The fourth-order valence-electron chi connectivity index (χ4n) is 2.22. The van der Waals surface area contributed by atoms with Gasteiger partial charge in [0.1, 0.15) is 0 Å². The van der Waals surface area contributed by atoms with Crippen molar-refractivity contribution in [1.29, 1.82) is 0 Å². The van der Waals surface area contributed by atoms with Crippen LogP contribution in [0.15, 0.2) is 60.7 Å². The molecule has 1 atom stereocenters. The van der Waals surface area contributed by atoms with Crippen LogP contribution in [0.25, 0.3) is 0 Å². The maximum Gasteiger partial charge on any atom is 0.0300 e. The average Bonchev–Trinajstić information content (AvgIpc) is 2.49. The highest BCUT2D eigenvalue weighted by atomic mass is 32.2. The molecule has 100 valence electrons. The third kappa shape index (κ3) is 4.76. The summed E-state index contributed by atoms with van der Waals surface area (Å²) in [6, 6.07) is 21.7. The van der Waals surface area contributed by atoms with E-state index in [4.69, 9.17) is 0 Å². The van der Waals surface area contributed by atoms with Gasteiger partial charge in [-0.1, -0.05) is 67.6 Å². The minimum absolute atomic E-state index is 0.626. The van der Waals surface area contributed by atoms with E-state index in [1.54, 1.807) is 0 Å². The largest absolute Gasteiger partial charge is 0.154 e. The van der Waals surface area contributed by atoms with Gasteiger partial charge < -0.3 is 0 Å². The summed E-state index contributed by atoms with van der Waals surface area (Å²) in [5, 5.41) is 0.626. The molecule has 2 aromatic carbocycles. The highest BCUT2D eigenvalue weighted by Crippen LogP contribution is 2.33. The summed E-state index contributed by atoms with van der Waals surface area (Å²) in [5.74, 6) is 1.24. The molecular formula is C18H22S. The molecule has 0 nitrogen and oxygen atoms in total. The summed E-state index contributed by atoms with van der Waals surface area (Å²) in [6.07, 6.45) is 3.63. The second kappa shape index (κ2) is 8.06. The van der Waals surface area contributed by atoms with Crippen LogP contribution in [0.4, 0.5) is 0 Å². The predicted molar refractivity (Wildman–Crippen MR) is 86.7 cm³/mol. The molecule has 0 spiro atoms. The summed E-state index contributed by atoms with van der Waals surface area (Å²) in [6.45, 7) is 2.26. The SMILES string of the molecule is CCCSC(CCc1ccccc1)c1ccccc1. The van der Waals surface area contributed by atoms with E-state index in [1.165, 1.54) is 29.7 Å². The maximum atomic E-state index is 2.26. The van der Waals surface area contributed by atoms with Crippen molar-refractivity contribution in [3.63, 3.8) is 0 Å². The molecule has 1 heteroatoms. The van der Waals surface area contributed by atoms with Crippen LogP contribution in [-0.4, -0.2) is 5.75 Å². The molecule has 0 saturated heterocycles. The second-order valence-electron chi connectivity index (χ2n) is 4.79. The molecule has 0 aliphatic rings. The minimum Gasteiger partial charge on any atom is -0.154 e. The van der Waals surface area contributed by atoms with Gasteiger partial charge in [0.05, 0.1) is 0 Å². The predicted octanol–water partition coefficient (Wildman–Crippen LogP) is 5.50. The quantitative estimate of drug-likeness (QED) is 0.640. The van der Waals surface area contributed by atoms with Crippen LogP contribution < -0.4 is 0 Å². The van der Waals surface area contributed by atoms with Crippen molar-refractivity contribution in [1.82, 2.24) is 0 Å². The Hall–Kier alpha value is -1.21. The van der Waals surface area contributed by atoms with Crippen molar-refractivity contribution < 1.29 is 0 Å². The van der Waals surface area contributed by atoms with Gasteiger partial charge in [-0.2, -0.15) is 11.8 Å². The standard InChI is InChI=1S/C18H22S/c1-2-15-19-18(17-11-7-4-8-12-17)14-13-16-9-5-3-6-10-16/h3-12,18H,2,13-15H2,1H3. The van der Waals surface area contributed by atoms with Gasteiger partial charge in [-0.3, -0.25) is 0 Å². The van der Waals surface area contributed by atoms with E-state index in [2.05, 4.69) is 79.3 Å². The summed E-state index contributed by atoms with van der Waals surface area (Å²) < 4.78 is 0. The molecule has 0 aliphatic carbocycles. The Morgan fingerprint density at radius 3 is 2.16 bits per heavy atom. The zero-order valence-corrected chi connectivity index (χ0v) is 12.4. The van der Waals surface area contributed by atoms with Crippen LogP contribution in [0, 0.1) is 0 Å². The van der Waals surface area contributed by atoms with E-state index < -0.39 is 0 Å². The Balaban J connectivity index is 1.98. The first-order chi connectivity index (χ1) is 9.40. The first-order valence-corrected chi connectivity index (χ1v) is 8.15. The van der Waals surface area contributed by atoms with Crippen molar-refractivity contribution in [2.24, 2.45) is 0 Å². The van der Waals surface area contributed by atoms with E-state index in [0.717, 1.165) is 6.42 Å². The van der Waals surface area contributed by atoms with Gasteiger partial charge in [0.2, 0.25) is 0 Å². The minimum atomic E-state index is 0.626. The highest BCUT2D eigenvalue weighted by molar-refractivity contribution is 7.99. The van der Waals surface area contributed by atoms with Crippen molar-refractivity contribution in [3.8, 4) is 0 Å². The number of hydrogen-bond acceptors (Lipinski definition) is 1. The lowest BCUT2D eigenvalue weighted by Gasteiger charge is -2.16. The Morgan fingerprint density at radius 2 is 1.53 bits per heavy atom.